The number of carbonyl (C=O) groups excluding carboxylic acids is 1. The largest absolute Gasteiger partial charge is 0.341 e. The summed E-state index contributed by atoms with van der Waals surface area (Å²) in [6.07, 6.45) is 10.7. The van der Waals surface area contributed by atoms with Crippen molar-refractivity contribution in [3.63, 3.8) is 0 Å². The smallest absolute Gasteiger partial charge is 0.222 e. The molecule has 0 N–H and O–H groups in total. The van der Waals surface area contributed by atoms with Gasteiger partial charge in [0, 0.05) is 32.4 Å². The van der Waals surface area contributed by atoms with Crippen LogP contribution in [0.3, 0.4) is 0 Å². The monoisotopic (exact) mass is 246 g/mol. The van der Waals surface area contributed by atoms with Crippen LogP contribution < -0.4 is 0 Å². The summed E-state index contributed by atoms with van der Waals surface area (Å²) in [6, 6.07) is 3.93. The van der Waals surface area contributed by atoms with E-state index in [1.165, 1.54) is 32.1 Å². The minimum Gasteiger partial charge on any atom is -0.341 e. The molecule has 1 aromatic heterocycles. The van der Waals surface area contributed by atoms with Crippen LogP contribution in [0.25, 0.3) is 0 Å². The van der Waals surface area contributed by atoms with E-state index in [1.54, 1.807) is 12.4 Å². The van der Waals surface area contributed by atoms with Gasteiger partial charge in [-0.25, -0.2) is 0 Å². The van der Waals surface area contributed by atoms with Crippen LogP contribution in [0.15, 0.2) is 24.5 Å². The highest BCUT2D eigenvalue weighted by Crippen LogP contribution is 2.26. The van der Waals surface area contributed by atoms with Gasteiger partial charge in [-0.2, -0.15) is 0 Å². The average Bonchev–Trinajstić information content (AvgIpc) is 2.41. The Bertz CT molecular complexity index is 371. The molecule has 1 aliphatic carbocycles. The second-order valence-electron chi connectivity index (χ2n) is 5.31. The van der Waals surface area contributed by atoms with E-state index in [0.29, 0.717) is 12.5 Å². The topological polar surface area (TPSA) is 33.2 Å². The summed E-state index contributed by atoms with van der Waals surface area (Å²) >= 11 is 0. The third-order valence-corrected chi connectivity index (χ3v) is 3.78. The Labute approximate surface area is 109 Å². The van der Waals surface area contributed by atoms with Gasteiger partial charge in [-0.05, 0) is 36.5 Å². The molecule has 1 saturated carbocycles. The zero-order valence-electron chi connectivity index (χ0n) is 11.1. The summed E-state index contributed by atoms with van der Waals surface area (Å²) in [5.74, 6) is 0.893. The fourth-order valence-corrected chi connectivity index (χ4v) is 2.64. The molecule has 1 aromatic rings. The van der Waals surface area contributed by atoms with Crippen LogP contribution in [0.1, 0.15) is 44.1 Å². The number of hydrogen-bond acceptors (Lipinski definition) is 2. The van der Waals surface area contributed by atoms with Crippen LogP contribution in [0.2, 0.25) is 0 Å². The van der Waals surface area contributed by atoms with Crippen molar-refractivity contribution >= 4 is 5.91 Å². The third kappa shape index (κ3) is 3.83. The normalized spacial score (nSPS) is 16.5. The van der Waals surface area contributed by atoms with E-state index in [9.17, 15) is 4.79 Å². The van der Waals surface area contributed by atoms with Crippen LogP contribution in [0.4, 0.5) is 0 Å². The first-order valence-corrected chi connectivity index (χ1v) is 6.88. The predicted octanol–water partition coefficient (Wildman–Crippen LogP) is 3.01. The molecule has 1 fully saturated rings. The summed E-state index contributed by atoms with van der Waals surface area (Å²) in [4.78, 5) is 18.0. The standard InChI is InChI=1S/C15H22N2O/c1-17(12-14-7-9-16-10-8-14)15(18)11-13-5-3-2-4-6-13/h7-10,13H,2-6,11-12H2,1H3. The van der Waals surface area contributed by atoms with Gasteiger partial charge in [0.1, 0.15) is 0 Å². The number of hydrogen-bond donors (Lipinski definition) is 0. The lowest BCUT2D eigenvalue weighted by Crippen LogP contribution is -2.28. The maximum absolute atomic E-state index is 12.1. The predicted molar refractivity (Wildman–Crippen MR) is 71.9 cm³/mol. The maximum Gasteiger partial charge on any atom is 0.222 e. The van der Waals surface area contributed by atoms with Crippen molar-refractivity contribution in [2.24, 2.45) is 5.92 Å². The van der Waals surface area contributed by atoms with Gasteiger partial charge in [-0.1, -0.05) is 19.3 Å². The van der Waals surface area contributed by atoms with E-state index in [4.69, 9.17) is 0 Å². The Balaban J connectivity index is 1.81. The first-order valence-electron chi connectivity index (χ1n) is 6.88. The summed E-state index contributed by atoms with van der Waals surface area (Å²) in [5.41, 5.74) is 1.14. The highest BCUT2D eigenvalue weighted by Gasteiger charge is 2.19. The summed E-state index contributed by atoms with van der Waals surface area (Å²) in [6.45, 7) is 0.689. The molecule has 0 bridgehead atoms. The zero-order chi connectivity index (χ0) is 12.8. The molecule has 0 aliphatic heterocycles. The first-order chi connectivity index (χ1) is 8.75. The van der Waals surface area contributed by atoms with Crippen molar-refractivity contribution in [2.45, 2.75) is 45.1 Å². The van der Waals surface area contributed by atoms with E-state index >= 15 is 0 Å². The summed E-state index contributed by atoms with van der Waals surface area (Å²) in [7, 11) is 1.89. The molecule has 0 aromatic carbocycles. The van der Waals surface area contributed by atoms with Crippen LogP contribution in [0, 0.1) is 5.92 Å². The molecule has 0 spiro atoms. The molecule has 1 aliphatic rings. The Morgan fingerprint density at radius 3 is 2.61 bits per heavy atom. The van der Waals surface area contributed by atoms with Crippen molar-refractivity contribution in [1.29, 1.82) is 0 Å². The Hall–Kier alpha value is -1.38. The van der Waals surface area contributed by atoms with Gasteiger partial charge in [0.15, 0.2) is 0 Å². The lowest BCUT2D eigenvalue weighted by Gasteiger charge is -2.24. The SMILES string of the molecule is CN(Cc1ccncc1)C(=O)CC1CCCCC1. The van der Waals surface area contributed by atoms with Crippen LogP contribution in [0.5, 0.6) is 0 Å². The lowest BCUT2D eigenvalue weighted by molar-refractivity contribution is -0.131. The van der Waals surface area contributed by atoms with Gasteiger partial charge >= 0.3 is 0 Å². The highest BCUT2D eigenvalue weighted by atomic mass is 16.2. The molecule has 98 valence electrons. The van der Waals surface area contributed by atoms with E-state index in [1.807, 2.05) is 24.1 Å². The Morgan fingerprint density at radius 1 is 1.28 bits per heavy atom. The number of aromatic nitrogens is 1. The molecule has 1 amide bonds. The number of amides is 1. The minimum atomic E-state index is 0.277. The van der Waals surface area contributed by atoms with E-state index in [2.05, 4.69) is 4.98 Å². The van der Waals surface area contributed by atoms with E-state index in [-0.39, 0.29) is 5.91 Å². The van der Waals surface area contributed by atoms with Gasteiger partial charge < -0.3 is 4.90 Å². The van der Waals surface area contributed by atoms with Crippen LogP contribution >= 0.6 is 0 Å². The molecule has 3 nitrogen and oxygen atoms in total. The van der Waals surface area contributed by atoms with Crippen LogP contribution in [-0.2, 0) is 11.3 Å². The van der Waals surface area contributed by atoms with Gasteiger partial charge in [-0.3, -0.25) is 9.78 Å². The molecule has 2 rings (SSSR count). The number of carbonyl (C=O) groups is 1. The first kappa shape index (κ1) is 13.1. The fourth-order valence-electron chi connectivity index (χ4n) is 2.64. The molecule has 0 atom stereocenters. The molecule has 1 heterocycles. The number of nitrogens with zero attached hydrogens (tertiary/aromatic N) is 2. The average molecular weight is 246 g/mol. The van der Waals surface area contributed by atoms with Crippen molar-refractivity contribution in [1.82, 2.24) is 9.88 Å². The number of pyridine rings is 1. The molecule has 0 saturated heterocycles. The second-order valence-corrected chi connectivity index (χ2v) is 5.31. The zero-order valence-corrected chi connectivity index (χ0v) is 11.1. The summed E-state index contributed by atoms with van der Waals surface area (Å²) < 4.78 is 0. The van der Waals surface area contributed by atoms with Crippen molar-refractivity contribution < 1.29 is 4.79 Å². The van der Waals surface area contributed by atoms with E-state index < -0.39 is 0 Å². The van der Waals surface area contributed by atoms with Crippen molar-refractivity contribution in [3.05, 3.63) is 30.1 Å². The minimum absolute atomic E-state index is 0.277. The van der Waals surface area contributed by atoms with E-state index in [0.717, 1.165) is 12.0 Å². The Kier molecular flexibility index (Phi) is 4.73. The lowest BCUT2D eigenvalue weighted by atomic mass is 9.86. The van der Waals surface area contributed by atoms with Crippen LogP contribution in [-0.4, -0.2) is 22.8 Å². The van der Waals surface area contributed by atoms with Gasteiger partial charge in [0.2, 0.25) is 5.91 Å². The highest BCUT2D eigenvalue weighted by molar-refractivity contribution is 5.76. The maximum atomic E-state index is 12.1. The second kappa shape index (κ2) is 6.53. The van der Waals surface area contributed by atoms with Gasteiger partial charge in [-0.15, -0.1) is 0 Å². The van der Waals surface area contributed by atoms with Crippen molar-refractivity contribution in [2.75, 3.05) is 7.05 Å². The Morgan fingerprint density at radius 2 is 1.94 bits per heavy atom. The van der Waals surface area contributed by atoms with Gasteiger partial charge in [0.25, 0.3) is 0 Å². The molecule has 0 unspecified atom stereocenters. The number of rotatable bonds is 4. The van der Waals surface area contributed by atoms with Gasteiger partial charge in [0.05, 0.1) is 0 Å². The molecule has 3 heteroatoms. The third-order valence-electron chi connectivity index (χ3n) is 3.78. The quantitative estimate of drug-likeness (QED) is 0.818. The molecule has 18 heavy (non-hydrogen) atoms. The molecular formula is C15H22N2O. The molecule has 0 radical (unpaired) electrons. The molecular weight excluding hydrogens is 224 g/mol. The van der Waals surface area contributed by atoms with Crippen molar-refractivity contribution in [3.8, 4) is 0 Å². The fraction of sp³-hybridized carbons (Fsp3) is 0.600. The summed E-state index contributed by atoms with van der Waals surface area (Å²) in [5, 5.41) is 0.